The van der Waals surface area contributed by atoms with E-state index in [4.69, 9.17) is 14.9 Å². The van der Waals surface area contributed by atoms with Crippen molar-refractivity contribution in [1.82, 2.24) is 5.32 Å². The summed E-state index contributed by atoms with van der Waals surface area (Å²) in [6, 6.07) is 16.9. The lowest BCUT2D eigenvalue weighted by atomic mass is 10.1. The van der Waals surface area contributed by atoms with Crippen LogP contribution in [0.1, 0.15) is 4.88 Å². The predicted molar refractivity (Wildman–Crippen MR) is 124 cm³/mol. The maximum atomic E-state index is 14.3. The van der Waals surface area contributed by atoms with Gasteiger partial charge in [-0.1, -0.05) is 36.0 Å². The summed E-state index contributed by atoms with van der Waals surface area (Å²) >= 11 is 3.33. The van der Waals surface area contributed by atoms with E-state index in [0.29, 0.717) is 17.7 Å². The first-order chi connectivity index (χ1) is 15.3. The fraction of sp³-hybridized carbons (Fsp3) is 0.130. The van der Waals surface area contributed by atoms with E-state index in [1.54, 1.807) is 36.3 Å². The molecule has 0 amide bonds. The van der Waals surface area contributed by atoms with E-state index in [0.717, 1.165) is 27.0 Å². The number of nitrogens with one attached hydrogen (secondary N) is 1. The molecule has 0 aliphatic carbocycles. The van der Waals surface area contributed by atoms with E-state index in [9.17, 15) is 14.0 Å². The summed E-state index contributed by atoms with van der Waals surface area (Å²) < 4.78 is 20.6. The van der Waals surface area contributed by atoms with E-state index in [1.165, 1.54) is 10.9 Å². The van der Waals surface area contributed by atoms with Gasteiger partial charge in [-0.15, -0.1) is 11.3 Å². The van der Waals surface area contributed by atoms with Gasteiger partial charge < -0.3 is 20.3 Å². The van der Waals surface area contributed by atoms with Gasteiger partial charge in [0, 0.05) is 39.6 Å². The highest BCUT2D eigenvalue weighted by atomic mass is 32.2. The number of carbonyl (C=O) groups is 2. The van der Waals surface area contributed by atoms with Crippen molar-refractivity contribution in [3.8, 4) is 16.9 Å². The normalized spacial score (nSPS) is 10.5. The number of benzene rings is 2. The van der Waals surface area contributed by atoms with Gasteiger partial charge in [-0.2, -0.15) is 0 Å². The fourth-order valence-electron chi connectivity index (χ4n) is 2.54. The molecule has 0 atom stereocenters. The number of ether oxygens (including phenoxy) is 1. The van der Waals surface area contributed by atoms with Crippen LogP contribution in [0, 0.1) is 5.82 Å². The zero-order chi connectivity index (χ0) is 23.5. The lowest BCUT2D eigenvalue weighted by Gasteiger charge is -2.06. The van der Waals surface area contributed by atoms with Gasteiger partial charge in [0.1, 0.15) is 11.6 Å². The molecular weight excluding hydrogens is 453 g/mol. The molecule has 3 aromatic rings. The van der Waals surface area contributed by atoms with Crippen LogP contribution in [0.15, 0.2) is 75.9 Å². The van der Waals surface area contributed by atoms with Crippen molar-refractivity contribution in [2.24, 2.45) is 0 Å². The lowest BCUT2D eigenvalue weighted by molar-refractivity contribution is -0.134. The van der Waals surface area contributed by atoms with Crippen LogP contribution in [-0.2, 0) is 16.1 Å². The Morgan fingerprint density at radius 1 is 1.06 bits per heavy atom. The molecule has 3 N–H and O–H groups in total. The zero-order valence-electron chi connectivity index (χ0n) is 17.4. The first-order valence-corrected chi connectivity index (χ1v) is 11.0. The standard InChI is InChI=1S/C19H18FNOS2.C4H4O4/c1-21-12-15-11-17(16-8-3-4-9-18(16)20)19(24-15)23-14-7-5-6-13(10-14)22-2;5-3(6)1-2-4(7)8/h3-11,21H,12H2,1-2H3;1-2H,(H,5,6)(H,7,8). The molecule has 1 aromatic heterocycles. The quantitative estimate of drug-likeness (QED) is 0.388. The number of halogens is 1. The maximum Gasteiger partial charge on any atom is 0.328 e. The van der Waals surface area contributed by atoms with E-state index in [-0.39, 0.29) is 5.82 Å². The van der Waals surface area contributed by atoms with Crippen molar-refractivity contribution >= 4 is 35.0 Å². The second-order valence-electron chi connectivity index (χ2n) is 6.21. The SMILES string of the molecule is CNCc1cc(-c2ccccc2F)c(Sc2cccc(OC)c2)s1.O=C(O)C=CC(=O)O. The highest BCUT2D eigenvalue weighted by molar-refractivity contribution is 8.01. The Kier molecular flexibility index (Phi) is 9.93. The maximum absolute atomic E-state index is 14.3. The molecule has 0 fully saturated rings. The third kappa shape index (κ3) is 7.84. The smallest absolute Gasteiger partial charge is 0.328 e. The Hall–Kier alpha value is -3.14. The van der Waals surface area contributed by atoms with Crippen LogP contribution in [0.3, 0.4) is 0 Å². The van der Waals surface area contributed by atoms with Gasteiger partial charge in [0.25, 0.3) is 0 Å². The van der Waals surface area contributed by atoms with Crippen LogP contribution in [0.4, 0.5) is 4.39 Å². The summed E-state index contributed by atoms with van der Waals surface area (Å²) in [5.74, 6) is -1.89. The fourth-order valence-corrected chi connectivity index (χ4v) is 5.04. The number of aliphatic carboxylic acids is 2. The third-order valence-electron chi connectivity index (χ3n) is 3.88. The number of thiophene rings is 1. The number of carboxylic acids is 2. The minimum Gasteiger partial charge on any atom is -0.497 e. The zero-order valence-corrected chi connectivity index (χ0v) is 19.0. The van der Waals surface area contributed by atoms with Crippen LogP contribution in [0.5, 0.6) is 5.75 Å². The Morgan fingerprint density at radius 2 is 1.75 bits per heavy atom. The van der Waals surface area contributed by atoms with E-state index < -0.39 is 11.9 Å². The number of rotatable bonds is 8. The largest absolute Gasteiger partial charge is 0.497 e. The van der Waals surface area contributed by atoms with Gasteiger partial charge in [0.2, 0.25) is 0 Å². The van der Waals surface area contributed by atoms with Crippen molar-refractivity contribution in [2.75, 3.05) is 14.2 Å². The van der Waals surface area contributed by atoms with Crippen molar-refractivity contribution in [3.63, 3.8) is 0 Å². The predicted octanol–water partition coefficient (Wildman–Crippen LogP) is 5.15. The highest BCUT2D eigenvalue weighted by Gasteiger charge is 2.15. The van der Waals surface area contributed by atoms with Crippen LogP contribution < -0.4 is 10.1 Å². The molecule has 0 bridgehead atoms. The van der Waals surface area contributed by atoms with E-state index >= 15 is 0 Å². The summed E-state index contributed by atoms with van der Waals surface area (Å²) in [6.07, 6.45) is 1.12. The van der Waals surface area contributed by atoms with E-state index in [2.05, 4.69) is 11.4 Å². The third-order valence-corrected chi connectivity index (χ3v) is 6.21. The molecule has 0 radical (unpaired) electrons. The molecule has 1 heterocycles. The Bertz CT molecular complexity index is 1080. The van der Waals surface area contributed by atoms with Crippen molar-refractivity contribution in [3.05, 3.63) is 77.4 Å². The van der Waals surface area contributed by atoms with Crippen LogP contribution >= 0.6 is 23.1 Å². The summed E-state index contributed by atoms with van der Waals surface area (Å²) in [4.78, 5) is 21.4. The minimum absolute atomic E-state index is 0.196. The molecular formula is C23H22FNO5S2. The molecule has 9 heteroatoms. The van der Waals surface area contributed by atoms with Gasteiger partial charge >= 0.3 is 11.9 Å². The number of carboxylic acid groups (broad SMARTS) is 2. The average molecular weight is 476 g/mol. The average Bonchev–Trinajstić information content (AvgIpc) is 3.15. The van der Waals surface area contributed by atoms with Crippen molar-refractivity contribution < 1.29 is 28.9 Å². The summed E-state index contributed by atoms with van der Waals surface area (Å²) in [6.45, 7) is 0.769. The van der Waals surface area contributed by atoms with Gasteiger partial charge in [-0.3, -0.25) is 0 Å². The number of methoxy groups -OCH3 is 1. The lowest BCUT2D eigenvalue weighted by Crippen LogP contribution is -2.02. The van der Waals surface area contributed by atoms with E-state index in [1.807, 2.05) is 43.4 Å². The van der Waals surface area contributed by atoms with Gasteiger partial charge in [-0.25, -0.2) is 14.0 Å². The topological polar surface area (TPSA) is 95.9 Å². The molecule has 6 nitrogen and oxygen atoms in total. The van der Waals surface area contributed by atoms with Crippen LogP contribution in [-0.4, -0.2) is 36.3 Å². The number of hydrogen-bond donors (Lipinski definition) is 3. The highest BCUT2D eigenvalue weighted by Crippen LogP contribution is 2.43. The Morgan fingerprint density at radius 3 is 2.34 bits per heavy atom. The first kappa shape index (κ1) is 25.1. The molecule has 2 aromatic carbocycles. The molecule has 32 heavy (non-hydrogen) atoms. The molecule has 168 valence electrons. The Labute approximate surface area is 193 Å². The second kappa shape index (κ2) is 12.7. The van der Waals surface area contributed by atoms with Gasteiger partial charge in [0.05, 0.1) is 11.3 Å². The molecule has 0 unspecified atom stereocenters. The molecule has 0 spiro atoms. The molecule has 0 saturated heterocycles. The number of hydrogen-bond acceptors (Lipinski definition) is 6. The van der Waals surface area contributed by atoms with Crippen molar-refractivity contribution in [1.29, 1.82) is 0 Å². The molecule has 3 rings (SSSR count). The summed E-state index contributed by atoms with van der Waals surface area (Å²) in [7, 11) is 3.57. The summed E-state index contributed by atoms with van der Waals surface area (Å²) in [5.41, 5.74) is 1.58. The van der Waals surface area contributed by atoms with Crippen LogP contribution in [0.25, 0.3) is 11.1 Å². The van der Waals surface area contributed by atoms with Crippen LogP contribution in [0.2, 0.25) is 0 Å². The Balaban J connectivity index is 0.000000390. The molecule has 0 aliphatic heterocycles. The molecule has 0 aliphatic rings. The monoisotopic (exact) mass is 475 g/mol. The van der Waals surface area contributed by atoms with Gasteiger partial charge in [-0.05, 0) is 37.4 Å². The van der Waals surface area contributed by atoms with Gasteiger partial charge in [0.15, 0.2) is 0 Å². The molecule has 0 saturated carbocycles. The summed E-state index contributed by atoms with van der Waals surface area (Å²) in [5, 5.41) is 18.8. The minimum atomic E-state index is -1.26. The van der Waals surface area contributed by atoms with Crippen molar-refractivity contribution in [2.45, 2.75) is 15.6 Å². The second-order valence-corrected chi connectivity index (χ2v) is 8.69. The first-order valence-electron chi connectivity index (χ1n) is 9.32.